The summed E-state index contributed by atoms with van der Waals surface area (Å²) in [7, 11) is 0. The number of hydrogen-bond acceptors (Lipinski definition) is 6. The van der Waals surface area contributed by atoms with Crippen molar-refractivity contribution >= 4 is 5.91 Å². The zero-order valence-electron chi connectivity index (χ0n) is 13.8. The van der Waals surface area contributed by atoms with Gasteiger partial charge in [0.2, 0.25) is 6.79 Å². The molecule has 25 heavy (non-hydrogen) atoms. The van der Waals surface area contributed by atoms with E-state index < -0.39 is 0 Å². The van der Waals surface area contributed by atoms with E-state index in [0.717, 1.165) is 12.1 Å². The summed E-state index contributed by atoms with van der Waals surface area (Å²) in [5.41, 5.74) is 1.56. The molecule has 2 aliphatic heterocycles. The second kappa shape index (κ2) is 7.06. The van der Waals surface area contributed by atoms with Crippen LogP contribution in [-0.2, 0) is 11.2 Å². The number of nitrogens with zero attached hydrogens (tertiary/aromatic N) is 3. The zero-order valence-corrected chi connectivity index (χ0v) is 13.8. The van der Waals surface area contributed by atoms with Gasteiger partial charge in [0.05, 0.1) is 13.2 Å². The van der Waals surface area contributed by atoms with E-state index in [1.165, 1.54) is 0 Å². The van der Waals surface area contributed by atoms with E-state index in [1.54, 1.807) is 30.7 Å². The number of hydrogen-bond donors (Lipinski definition) is 0. The van der Waals surface area contributed by atoms with Gasteiger partial charge in [-0.25, -0.2) is 9.97 Å². The van der Waals surface area contributed by atoms with Crippen molar-refractivity contribution in [3.63, 3.8) is 0 Å². The van der Waals surface area contributed by atoms with Crippen molar-refractivity contribution in [1.29, 1.82) is 0 Å². The van der Waals surface area contributed by atoms with Crippen LogP contribution < -0.4 is 9.47 Å². The number of aromatic nitrogens is 2. The predicted molar refractivity (Wildman–Crippen MR) is 88.5 cm³/mol. The van der Waals surface area contributed by atoms with Gasteiger partial charge in [-0.05, 0) is 30.7 Å². The van der Waals surface area contributed by atoms with Crippen LogP contribution in [-0.4, -0.2) is 53.9 Å². The molecule has 7 nitrogen and oxygen atoms in total. The van der Waals surface area contributed by atoms with Crippen LogP contribution >= 0.6 is 0 Å². The first kappa shape index (κ1) is 15.8. The molecule has 3 heterocycles. The van der Waals surface area contributed by atoms with Gasteiger partial charge in [-0.1, -0.05) is 0 Å². The average molecular weight is 341 g/mol. The lowest BCUT2D eigenvalue weighted by Crippen LogP contribution is -2.36. The van der Waals surface area contributed by atoms with Crippen LogP contribution in [0.3, 0.4) is 0 Å². The molecule has 1 unspecified atom stereocenters. The van der Waals surface area contributed by atoms with Crippen molar-refractivity contribution in [2.24, 2.45) is 5.92 Å². The number of fused-ring (bicyclic) bond motifs is 1. The van der Waals surface area contributed by atoms with E-state index >= 15 is 0 Å². The number of rotatable bonds is 3. The molecule has 1 atom stereocenters. The lowest BCUT2D eigenvalue weighted by atomic mass is 10.0. The molecule has 2 aromatic rings. The Balaban J connectivity index is 1.47. The largest absolute Gasteiger partial charge is 0.454 e. The lowest BCUT2D eigenvalue weighted by Gasteiger charge is -2.23. The molecule has 1 amide bonds. The van der Waals surface area contributed by atoms with Crippen LogP contribution in [0.25, 0.3) is 0 Å². The third-order valence-corrected chi connectivity index (χ3v) is 4.39. The van der Waals surface area contributed by atoms with Crippen molar-refractivity contribution in [3.05, 3.63) is 48.0 Å². The molecule has 0 N–H and O–H groups in total. The van der Waals surface area contributed by atoms with Crippen molar-refractivity contribution in [2.45, 2.75) is 6.42 Å². The molecule has 0 radical (unpaired) electrons. The molecule has 0 bridgehead atoms. The molecule has 1 aromatic carbocycles. The van der Waals surface area contributed by atoms with Gasteiger partial charge in [-0.2, -0.15) is 0 Å². The second-order valence-corrected chi connectivity index (χ2v) is 6.16. The minimum absolute atomic E-state index is 0.0171. The van der Waals surface area contributed by atoms with Crippen LogP contribution in [0, 0.1) is 5.92 Å². The van der Waals surface area contributed by atoms with Crippen LogP contribution in [0.4, 0.5) is 0 Å². The first-order valence-corrected chi connectivity index (χ1v) is 8.31. The van der Waals surface area contributed by atoms with E-state index in [-0.39, 0.29) is 18.6 Å². The highest BCUT2D eigenvalue weighted by Crippen LogP contribution is 2.33. The fraction of sp³-hybridized carbons (Fsp3) is 0.389. The van der Waals surface area contributed by atoms with Crippen LogP contribution in [0.15, 0.2) is 36.8 Å². The third kappa shape index (κ3) is 3.56. The van der Waals surface area contributed by atoms with E-state index in [9.17, 15) is 4.79 Å². The topological polar surface area (TPSA) is 73.8 Å². The predicted octanol–water partition coefficient (Wildman–Crippen LogP) is 1.54. The summed E-state index contributed by atoms with van der Waals surface area (Å²) < 4.78 is 16.4. The summed E-state index contributed by atoms with van der Waals surface area (Å²) in [6, 6.07) is 7.20. The van der Waals surface area contributed by atoms with Crippen LogP contribution in [0.2, 0.25) is 0 Å². The summed E-state index contributed by atoms with van der Waals surface area (Å²) >= 11 is 0. The molecule has 0 aliphatic carbocycles. The van der Waals surface area contributed by atoms with E-state index in [0.29, 0.717) is 43.4 Å². The second-order valence-electron chi connectivity index (χ2n) is 6.16. The molecular weight excluding hydrogens is 322 g/mol. The molecule has 1 fully saturated rings. The molecule has 130 valence electrons. The smallest absolute Gasteiger partial charge is 0.254 e. The molecule has 7 heteroatoms. The van der Waals surface area contributed by atoms with E-state index in [2.05, 4.69) is 9.97 Å². The molecule has 1 saturated heterocycles. The Kier molecular flexibility index (Phi) is 4.47. The minimum atomic E-state index is -0.0171. The maximum Gasteiger partial charge on any atom is 0.254 e. The summed E-state index contributed by atoms with van der Waals surface area (Å²) in [5, 5.41) is 0. The zero-order chi connectivity index (χ0) is 17.1. The summed E-state index contributed by atoms with van der Waals surface area (Å²) in [6.45, 7) is 2.57. The van der Waals surface area contributed by atoms with Crippen LogP contribution in [0.5, 0.6) is 11.5 Å². The highest BCUT2D eigenvalue weighted by Gasteiger charge is 2.25. The Morgan fingerprint density at radius 1 is 1.24 bits per heavy atom. The molecule has 2 aliphatic rings. The summed E-state index contributed by atoms with van der Waals surface area (Å²) in [5.74, 6) is 1.48. The summed E-state index contributed by atoms with van der Waals surface area (Å²) in [4.78, 5) is 23.0. The quantitative estimate of drug-likeness (QED) is 0.843. The maximum atomic E-state index is 12.9. The number of ether oxygens (including phenoxy) is 3. The van der Waals surface area contributed by atoms with Gasteiger partial charge in [0.1, 0.15) is 6.33 Å². The Morgan fingerprint density at radius 3 is 3.04 bits per heavy atom. The third-order valence-electron chi connectivity index (χ3n) is 4.39. The van der Waals surface area contributed by atoms with E-state index in [4.69, 9.17) is 14.2 Å². The molecule has 0 spiro atoms. The number of carbonyl (C=O) groups is 1. The average Bonchev–Trinajstić information content (AvgIpc) is 3.00. The Bertz CT molecular complexity index is 753. The first-order chi connectivity index (χ1) is 12.3. The fourth-order valence-corrected chi connectivity index (χ4v) is 3.14. The molecular formula is C18H19N3O4. The number of amides is 1. The van der Waals surface area contributed by atoms with Crippen LogP contribution in [0.1, 0.15) is 16.1 Å². The summed E-state index contributed by atoms with van der Waals surface area (Å²) in [6.07, 6.45) is 4.03. The Labute approximate surface area is 145 Å². The maximum absolute atomic E-state index is 12.9. The van der Waals surface area contributed by atoms with Gasteiger partial charge in [-0.3, -0.25) is 4.79 Å². The molecule has 4 rings (SSSR count). The van der Waals surface area contributed by atoms with Crippen molar-refractivity contribution in [1.82, 2.24) is 14.9 Å². The highest BCUT2D eigenvalue weighted by molar-refractivity contribution is 5.95. The minimum Gasteiger partial charge on any atom is -0.454 e. The first-order valence-electron chi connectivity index (χ1n) is 8.31. The normalized spacial score (nSPS) is 19.5. The van der Waals surface area contributed by atoms with Crippen molar-refractivity contribution < 1.29 is 19.0 Å². The van der Waals surface area contributed by atoms with Gasteiger partial charge in [0.15, 0.2) is 11.5 Å². The monoisotopic (exact) mass is 341 g/mol. The van der Waals surface area contributed by atoms with Gasteiger partial charge in [0.25, 0.3) is 5.91 Å². The van der Waals surface area contributed by atoms with Gasteiger partial charge in [0, 0.05) is 36.5 Å². The van der Waals surface area contributed by atoms with E-state index in [1.807, 2.05) is 11.0 Å². The Morgan fingerprint density at radius 2 is 2.16 bits per heavy atom. The SMILES string of the molecule is O=C(c1ccc2c(c1)OCO2)N1CCOCC(Cc2ccncn2)C1. The molecule has 0 saturated carbocycles. The lowest BCUT2D eigenvalue weighted by molar-refractivity contribution is 0.0737. The highest BCUT2D eigenvalue weighted by atomic mass is 16.7. The fourth-order valence-electron chi connectivity index (χ4n) is 3.14. The van der Waals surface area contributed by atoms with Gasteiger partial charge < -0.3 is 19.1 Å². The standard InChI is InChI=1S/C18H19N3O4/c22-18(14-1-2-16-17(8-14)25-12-24-16)21-5-6-23-10-13(9-21)7-15-3-4-19-11-20-15/h1-4,8,11,13H,5-7,9-10,12H2. The molecule has 1 aromatic heterocycles. The van der Waals surface area contributed by atoms with Gasteiger partial charge >= 0.3 is 0 Å². The Hall–Kier alpha value is -2.67. The number of benzene rings is 1. The van der Waals surface area contributed by atoms with Gasteiger partial charge in [-0.15, -0.1) is 0 Å². The number of carbonyl (C=O) groups excluding carboxylic acids is 1. The van der Waals surface area contributed by atoms with Crippen molar-refractivity contribution in [2.75, 3.05) is 33.1 Å². The van der Waals surface area contributed by atoms with Crippen molar-refractivity contribution in [3.8, 4) is 11.5 Å².